The van der Waals surface area contributed by atoms with E-state index in [9.17, 15) is 0 Å². The van der Waals surface area contributed by atoms with Crippen LogP contribution in [-0.4, -0.2) is 65.9 Å². The van der Waals surface area contributed by atoms with Crippen LogP contribution in [0.1, 0.15) is 18.7 Å². The number of piperidine rings is 1. The summed E-state index contributed by atoms with van der Waals surface area (Å²) in [6, 6.07) is 4.27. The SMILES string of the molecule is COCCN1C[C@H]2CC[C@@H]1CN(Cc1nc(-c3ccco3)no1)C2. The fourth-order valence-corrected chi connectivity index (χ4v) is 3.90. The Balaban J connectivity index is 1.40. The molecule has 0 aromatic carbocycles. The van der Waals surface area contributed by atoms with Gasteiger partial charge in [-0.15, -0.1) is 0 Å². The summed E-state index contributed by atoms with van der Waals surface area (Å²) >= 11 is 0. The highest BCUT2D eigenvalue weighted by Gasteiger charge is 2.34. The molecule has 7 nitrogen and oxygen atoms in total. The van der Waals surface area contributed by atoms with Gasteiger partial charge in [0.2, 0.25) is 11.7 Å². The highest BCUT2D eigenvalue weighted by molar-refractivity contribution is 5.44. The maximum Gasteiger partial charge on any atom is 0.241 e. The molecule has 0 aliphatic carbocycles. The molecular formula is C17H24N4O3. The molecule has 2 atom stereocenters. The lowest BCUT2D eigenvalue weighted by molar-refractivity contribution is 0.0864. The van der Waals surface area contributed by atoms with Crippen molar-refractivity contribution in [2.75, 3.05) is 39.9 Å². The second-order valence-corrected chi connectivity index (χ2v) is 6.77. The van der Waals surface area contributed by atoms with Gasteiger partial charge in [0.25, 0.3) is 0 Å². The van der Waals surface area contributed by atoms with Crippen LogP contribution < -0.4 is 0 Å². The maximum atomic E-state index is 5.42. The molecule has 3 aliphatic heterocycles. The topological polar surface area (TPSA) is 67.8 Å². The van der Waals surface area contributed by atoms with E-state index in [4.69, 9.17) is 13.7 Å². The Labute approximate surface area is 141 Å². The van der Waals surface area contributed by atoms with Gasteiger partial charge in [0.05, 0.1) is 19.4 Å². The van der Waals surface area contributed by atoms with Crippen LogP contribution in [0.2, 0.25) is 0 Å². The van der Waals surface area contributed by atoms with Crippen molar-refractivity contribution in [3.63, 3.8) is 0 Å². The van der Waals surface area contributed by atoms with Crippen LogP contribution in [0.3, 0.4) is 0 Å². The summed E-state index contributed by atoms with van der Waals surface area (Å²) in [7, 11) is 1.77. The Bertz CT molecular complexity index is 642. The molecule has 24 heavy (non-hydrogen) atoms. The minimum absolute atomic E-state index is 0.523. The van der Waals surface area contributed by atoms with E-state index in [1.165, 1.54) is 19.4 Å². The standard InChI is InChI=1S/C17H24N4O3/c1-22-8-6-21-10-13-4-5-14(21)11-20(9-13)12-16-18-17(19-24-16)15-3-2-7-23-15/h2-3,7,13-14H,4-6,8-12H2,1H3/t13-,14+/m0/s1. The first-order valence-electron chi connectivity index (χ1n) is 8.63. The van der Waals surface area contributed by atoms with Crippen molar-refractivity contribution in [1.82, 2.24) is 19.9 Å². The van der Waals surface area contributed by atoms with Gasteiger partial charge in [0.1, 0.15) is 0 Å². The number of nitrogens with zero attached hydrogens (tertiary/aromatic N) is 4. The van der Waals surface area contributed by atoms with Crippen LogP contribution in [0.4, 0.5) is 0 Å². The van der Waals surface area contributed by atoms with Crippen molar-refractivity contribution in [3.05, 3.63) is 24.3 Å². The Kier molecular flexibility index (Phi) is 4.64. The molecule has 0 amide bonds. The van der Waals surface area contributed by atoms with Gasteiger partial charge in [-0.2, -0.15) is 4.98 Å². The van der Waals surface area contributed by atoms with Gasteiger partial charge < -0.3 is 13.7 Å². The molecule has 2 aromatic rings. The normalized spacial score (nSPS) is 25.2. The summed E-state index contributed by atoms with van der Waals surface area (Å²) in [4.78, 5) is 9.51. The van der Waals surface area contributed by atoms with Crippen LogP contribution >= 0.6 is 0 Å². The third-order valence-electron chi connectivity index (χ3n) is 5.05. The van der Waals surface area contributed by atoms with Crippen molar-refractivity contribution in [3.8, 4) is 11.6 Å². The molecule has 0 N–H and O–H groups in total. The first-order chi connectivity index (χ1) is 11.8. The zero-order chi connectivity index (χ0) is 16.4. The highest BCUT2D eigenvalue weighted by atomic mass is 16.5. The molecule has 5 heterocycles. The van der Waals surface area contributed by atoms with Crippen LogP contribution in [0, 0.1) is 5.92 Å². The van der Waals surface area contributed by atoms with Gasteiger partial charge in [-0.3, -0.25) is 9.80 Å². The van der Waals surface area contributed by atoms with Crippen molar-refractivity contribution >= 4 is 0 Å². The Hall–Kier alpha value is -1.70. The molecule has 0 radical (unpaired) electrons. The zero-order valence-electron chi connectivity index (χ0n) is 14.1. The highest BCUT2D eigenvalue weighted by Crippen LogP contribution is 2.28. The minimum Gasteiger partial charge on any atom is -0.461 e. The molecule has 0 spiro atoms. The average molecular weight is 332 g/mol. The number of methoxy groups -OCH3 is 1. The van der Waals surface area contributed by atoms with Crippen LogP contribution in [0.5, 0.6) is 0 Å². The van der Waals surface area contributed by atoms with Gasteiger partial charge in [0, 0.05) is 39.3 Å². The van der Waals surface area contributed by atoms with Gasteiger partial charge in [-0.05, 0) is 30.9 Å². The molecule has 7 heteroatoms. The first kappa shape index (κ1) is 15.8. The van der Waals surface area contributed by atoms with Crippen molar-refractivity contribution in [2.45, 2.75) is 25.4 Å². The van der Waals surface area contributed by atoms with Gasteiger partial charge in [-0.1, -0.05) is 5.16 Å². The molecule has 2 bridgehead atoms. The van der Waals surface area contributed by atoms with Crippen molar-refractivity contribution in [2.24, 2.45) is 5.92 Å². The number of furan rings is 1. The minimum atomic E-state index is 0.523. The monoisotopic (exact) mass is 332 g/mol. The van der Waals surface area contributed by atoms with Gasteiger partial charge >= 0.3 is 0 Å². The van der Waals surface area contributed by atoms with Crippen molar-refractivity contribution in [1.29, 1.82) is 0 Å². The smallest absolute Gasteiger partial charge is 0.241 e. The maximum absolute atomic E-state index is 5.42. The number of hydrogen-bond acceptors (Lipinski definition) is 7. The van der Waals surface area contributed by atoms with Gasteiger partial charge in [-0.25, -0.2) is 0 Å². The lowest BCUT2D eigenvalue weighted by atomic mass is 9.95. The number of fused-ring (bicyclic) bond motifs is 4. The Morgan fingerprint density at radius 2 is 2.25 bits per heavy atom. The van der Waals surface area contributed by atoms with Crippen LogP contribution in [0.25, 0.3) is 11.6 Å². The van der Waals surface area contributed by atoms with Crippen LogP contribution in [-0.2, 0) is 11.3 Å². The second-order valence-electron chi connectivity index (χ2n) is 6.77. The van der Waals surface area contributed by atoms with Gasteiger partial charge in [0.15, 0.2) is 5.76 Å². The van der Waals surface area contributed by atoms with E-state index in [1.54, 1.807) is 13.4 Å². The fourth-order valence-electron chi connectivity index (χ4n) is 3.90. The van der Waals surface area contributed by atoms with E-state index < -0.39 is 0 Å². The molecule has 3 fully saturated rings. The third kappa shape index (κ3) is 3.38. The lowest BCUT2D eigenvalue weighted by Crippen LogP contribution is -2.45. The largest absolute Gasteiger partial charge is 0.461 e. The van der Waals surface area contributed by atoms with E-state index >= 15 is 0 Å². The third-order valence-corrected chi connectivity index (χ3v) is 5.05. The van der Waals surface area contributed by atoms with E-state index in [0.29, 0.717) is 36.0 Å². The summed E-state index contributed by atoms with van der Waals surface area (Å²) in [5.41, 5.74) is 0. The summed E-state index contributed by atoms with van der Waals surface area (Å²) in [5.74, 6) is 2.54. The molecule has 0 saturated carbocycles. The predicted molar refractivity (Wildman–Crippen MR) is 87.2 cm³/mol. The van der Waals surface area contributed by atoms with Crippen LogP contribution in [0.15, 0.2) is 27.3 Å². The number of ether oxygens (including phenoxy) is 1. The predicted octanol–water partition coefficient (Wildman–Crippen LogP) is 1.87. The van der Waals surface area contributed by atoms with E-state index in [0.717, 1.165) is 26.2 Å². The molecule has 130 valence electrons. The first-order valence-corrected chi connectivity index (χ1v) is 8.63. The Morgan fingerprint density at radius 1 is 1.29 bits per heavy atom. The van der Waals surface area contributed by atoms with E-state index in [1.807, 2.05) is 12.1 Å². The second kappa shape index (κ2) is 7.04. The Morgan fingerprint density at radius 3 is 3.08 bits per heavy atom. The quantitative estimate of drug-likeness (QED) is 0.800. The summed E-state index contributed by atoms with van der Waals surface area (Å²) < 4.78 is 16.0. The number of rotatable bonds is 6. The summed E-state index contributed by atoms with van der Waals surface area (Å²) in [6.07, 6.45) is 4.20. The molecule has 3 saturated heterocycles. The van der Waals surface area contributed by atoms with E-state index in [2.05, 4.69) is 19.9 Å². The molecule has 0 unspecified atom stereocenters. The summed E-state index contributed by atoms with van der Waals surface area (Å²) in [6.45, 7) is 5.86. The number of aromatic nitrogens is 2. The molecule has 3 aliphatic rings. The molecule has 5 rings (SSSR count). The fraction of sp³-hybridized carbons (Fsp3) is 0.647. The van der Waals surface area contributed by atoms with E-state index in [-0.39, 0.29) is 0 Å². The average Bonchev–Trinajstić information content (AvgIpc) is 3.19. The molecular weight excluding hydrogens is 308 g/mol. The molecule has 2 aromatic heterocycles. The van der Waals surface area contributed by atoms with Crippen molar-refractivity contribution < 1.29 is 13.7 Å². The number of hydrogen-bond donors (Lipinski definition) is 0. The lowest BCUT2D eigenvalue weighted by Gasteiger charge is -2.35. The summed E-state index contributed by atoms with van der Waals surface area (Å²) in [5, 5.41) is 4.02. The zero-order valence-corrected chi connectivity index (χ0v) is 14.1.